The van der Waals surface area contributed by atoms with E-state index >= 15 is 0 Å². The summed E-state index contributed by atoms with van der Waals surface area (Å²) in [6.45, 7) is 6.68. The number of aryl methyl sites for hydroxylation is 1. The predicted octanol–water partition coefficient (Wildman–Crippen LogP) is 3.69. The minimum Gasteiger partial charge on any atom is -0.492 e. The third kappa shape index (κ3) is 2.75. The zero-order valence-corrected chi connectivity index (χ0v) is 16.7. The van der Waals surface area contributed by atoms with Gasteiger partial charge < -0.3 is 14.8 Å². The van der Waals surface area contributed by atoms with Gasteiger partial charge in [-0.3, -0.25) is 4.79 Å². The molecule has 3 amide bonds. The molecule has 150 valence electrons. The Morgan fingerprint density at radius 1 is 1.17 bits per heavy atom. The Kier molecular flexibility index (Phi) is 3.69. The van der Waals surface area contributed by atoms with E-state index in [1.165, 1.54) is 6.20 Å². The molecule has 1 N–H and O–H groups in total. The maximum atomic E-state index is 12.7. The lowest BCUT2D eigenvalue weighted by atomic mass is 9.90. The summed E-state index contributed by atoms with van der Waals surface area (Å²) in [5, 5.41) is 2.75. The lowest BCUT2D eigenvalue weighted by Gasteiger charge is -2.35. The van der Waals surface area contributed by atoms with Crippen molar-refractivity contribution in [3.8, 4) is 17.4 Å². The number of fused-ring (bicyclic) bond motifs is 2. The molecule has 29 heavy (non-hydrogen) atoms. The summed E-state index contributed by atoms with van der Waals surface area (Å²) in [6.07, 6.45) is 3.70. The monoisotopic (exact) mass is 393 g/mol. The second-order valence-electron chi connectivity index (χ2n) is 8.79. The summed E-state index contributed by atoms with van der Waals surface area (Å²) in [7, 11) is 0. The second-order valence-corrected chi connectivity index (χ2v) is 8.79. The summed E-state index contributed by atoms with van der Waals surface area (Å²) in [5.41, 5.74) is 2.08. The zero-order chi connectivity index (χ0) is 20.4. The molecule has 7 heteroatoms. The van der Waals surface area contributed by atoms with Crippen LogP contribution in [0.15, 0.2) is 30.5 Å². The molecule has 1 saturated heterocycles. The number of carbonyl (C=O) groups excluding carboxylic acids is 2. The summed E-state index contributed by atoms with van der Waals surface area (Å²) in [4.78, 5) is 30.4. The van der Waals surface area contributed by atoms with E-state index in [1.54, 1.807) is 26.0 Å². The highest BCUT2D eigenvalue weighted by Gasteiger charge is 2.53. The van der Waals surface area contributed by atoms with Crippen LogP contribution in [0.2, 0.25) is 0 Å². The molecule has 1 aromatic heterocycles. The highest BCUT2D eigenvalue weighted by molar-refractivity contribution is 6.17. The average Bonchev–Trinajstić information content (AvgIpc) is 3.36. The van der Waals surface area contributed by atoms with Gasteiger partial charge in [0.25, 0.3) is 0 Å². The van der Waals surface area contributed by atoms with Crippen molar-refractivity contribution in [3.63, 3.8) is 0 Å². The number of anilines is 1. The number of carbonyl (C=O) groups is 2. The number of amides is 3. The van der Waals surface area contributed by atoms with Crippen LogP contribution in [0.3, 0.4) is 0 Å². The highest BCUT2D eigenvalue weighted by atomic mass is 16.5. The molecule has 1 spiro atoms. The van der Waals surface area contributed by atoms with Gasteiger partial charge >= 0.3 is 6.03 Å². The summed E-state index contributed by atoms with van der Waals surface area (Å²) < 4.78 is 12.0. The van der Waals surface area contributed by atoms with Crippen LogP contribution in [0.1, 0.15) is 37.8 Å². The van der Waals surface area contributed by atoms with Gasteiger partial charge in [-0.15, -0.1) is 0 Å². The fourth-order valence-corrected chi connectivity index (χ4v) is 4.03. The smallest absolute Gasteiger partial charge is 0.328 e. The minimum atomic E-state index is -0.663. The largest absolute Gasteiger partial charge is 0.492 e. The molecule has 0 radical (unpaired) electrons. The molecule has 3 aliphatic rings. The highest BCUT2D eigenvalue weighted by Crippen LogP contribution is 2.59. The number of benzene rings is 1. The van der Waals surface area contributed by atoms with Crippen LogP contribution < -0.4 is 19.7 Å². The maximum absolute atomic E-state index is 12.7. The van der Waals surface area contributed by atoms with Crippen molar-refractivity contribution in [1.82, 2.24) is 10.3 Å². The van der Waals surface area contributed by atoms with E-state index in [-0.39, 0.29) is 11.3 Å². The standard InChI is InChI=1S/C22H23N3O4/c1-13-4-6-15(17-18(13)28-12-22(17)8-9-22)29-16-7-5-14(10-23-16)25-19(26)21(2,3)11-24-20(25)27/h4-7,10H,8-9,11-12H2,1-3H3,(H,24,27). The number of rotatable bonds is 3. The van der Waals surface area contributed by atoms with E-state index in [1.807, 2.05) is 19.1 Å². The fourth-order valence-electron chi connectivity index (χ4n) is 4.03. The molecule has 1 aromatic carbocycles. The number of hydrogen-bond acceptors (Lipinski definition) is 5. The van der Waals surface area contributed by atoms with E-state index in [0.29, 0.717) is 24.7 Å². The van der Waals surface area contributed by atoms with Crippen LogP contribution in [0, 0.1) is 12.3 Å². The van der Waals surface area contributed by atoms with Gasteiger partial charge in [-0.2, -0.15) is 0 Å². The molecule has 0 unspecified atom stereocenters. The Balaban J connectivity index is 1.42. The molecular weight excluding hydrogens is 370 g/mol. The quantitative estimate of drug-likeness (QED) is 0.860. The number of aromatic nitrogens is 1. The molecule has 1 saturated carbocycles. The van der Waals surface area contributed by atoms with Crippen molar-refractivity contribution >= 4 is 17.6 Å². The molecule has 2 aromatic rings. The van der Waals surface area contributed by atoms with E-state index < -0.39 is 11.4 Å². The molecule has 2 aliphatic heterocycles. The Morgan fingerprint density at radius 2 is 1.97 bits per heavy atom. The zero-order valence-electron chi connectivity index (χ0n) is 16.7. The molecule has 5 rings (SSSR count). The Hall–Kier alpha value is -3.09. The van der Waals surface area contributed by atoms with Gasteiger partial charge in [0.2, 0.25) is 11.8 Å². The van der Waals surface area contributed by atoms with Crippen molar-refractivity contribution in [2.45, 2.75) is 39.0 Å². The molecule has 0 bridgehead atoms. The summed E-state index contributed by atoms with van der Waals surface area (Å²) >= 11 is 0. The van der Waals surface area contributed by atoms with Crippen LogP contribution in [-0.2, 0) is 10.2 Å². The van der Waals surface area contributed by atoms with Gasteiger partial charge in [0.05, 0.1) is 23.9 Å². The lowest BCUT2D eigenvalue weighted by molar-refractivity contribution is -0.126. The first-order chi connectivity index (χ1) is 13.8. The number of pyridine rings is 1. The van der Waals surface area contributed by atoms with Crippen molar-refractivity contribution in [2.75, 3.05) is 18.1 Å². The molecule has 7 nitrogen and oxygen atoms in total. The number of imide groups is 1. The van der Waals surface area contributed by atoms with E-state index in [9.17, 15) is 9.59 Å². The predicted molar refractivity (Wildman–Crippen MR) is 107 cm³/mol. The number of ether oxygens (including phenoxy) is 2. The summed E-state index contributed by atoms with van der Waals surface area (Å²) in [5.74, 6) is 1.84. The van der Waals surface area contributed by atoms with Crippen molar-refractivity contribution in [2.24, 2.45) is 5.41 Å². The Morgan fingerprint density at radius 3 is 2.66 bits per heavy atom. The van der Waals surface area contributed by atoms with Gasteiger partial charge in [0.1, 0.15) is 11.5 Å². The molecule has 1 aliphatic carbocycles. The fraction of sp³-hybridized carbons (Fsp3) is 0.409. The van der Waals surface area contributed by atoms with Crippen LogP contribution in [0.4, 0.5) is 10.5 Å². The van der Waals surface area contributed by atoms with Crippen molar-refractivity contribution < 1.29 is 19.1 Å². The first-order valence-electron chi connectivity index (χ1n) is 9.84. The average molecular weight is 393 g/mol. The first kappa shape index (κ1) is 18.0. The second kappa shape index (κ2) is 5.95. The Bertz CT molecular complexity index is 1030. The first-order valence-corrected chi connectivity index (χ1v) is 9.84. The number of nitrogens with zero attached hydrogens (tertiary/aromatic N) is 2. The minimum absolute atomic E-state index is 0.0838. The number of urea groups is 1. The van der Waals surface area contributed by atoms with E-state index in [4.69, 9.17) is 9.47 Å². The molecule has 0 atom stereocenters. The van der Waals surface area contributed by atoms with Crippen LogP contribution in [0.5, 0.6) is 17.4 Å². The van der Waals surface area contributed by atoms with Crippen LogP contribution >= 0.6 is 0 Å². The number of hydrogen-bond donors (Lipinski definition) is 1. The van der Waals surface area contributed by atoms with Crippen molar-refractivity contribution in [1.29, 1.82) is 0 Å². The normalized spacial score (nSPS) is 20.9. The van der Waals surface area contributed by atoms with Crippen molar-refractivity contribution in [3.05, 3.63) is 41.6 Å². The molecular formula is C22H23N3O4. The van der Waals surface area contributed by atoms with E-state index in [2.05, 4.69) is 10.3 Å². The SMILES string of the molecule is Cc1ccc(Oc2ccc(N3C(=O)NCC(C)(C)C3=O)cn2)c2c1OCC21CC1. The summed E-state index contributed by atoms with van der Waals surface area (Å²) in [6, 6.07) is 6.87. The number of nitrogens with one attached hydrogen (secondary N) is 1. The van der Waals surface area contributed by atoms with Gasteiger partial charge in [0.15, 0.2) is 0 Å². The Labute approximate surface area is 169 Å². The third-order valence-electron chi connectivity index (χ3n) is 6.05. The maximum Gasteiger partial charge on any atom is 0.328 e. The van der Waals surface area contributed by atoms with Crippen LogP contribution in [0.25, 0.3) is 0 Å². The molecule has 3 heterocycles. The third-order valence-corrected chi connectivity index (χ3v) is 6.05. The molecule has 2 fully saturated rings. The van der Waals surface area contributed by atoms with Gasteiger partial charge in [-0.25, -0.2) is 14.7 Å². The van der Waals surface area contributed by atoms with E-state index in [0.717, 1.165) is 40.4 Å². The van der Waals surface area contributed by atoms with Crippen LogP contribution in [-0.4, -0.2) is 30.1 Å². The topological polar surface area (TPSA) is 80.8 Å². The van der Waals surface area contributed by atoms with Gasteiger partial charge in [-0.1, -0.05) is 6.07 Å². The van der Waals surface area contributed by atoms with Gasteiger partial charge in [0, 0.05) is 23.6 Å². The van der Waals surface area contributed by atoms with Gasteiger partial charge in [-0.05, 0) is 51.3 Å². The lowest BCUT2D eigenvalue weighted by Crippen LogP contribution is -2.59.